The molecule has 0 atom stereocenters. The SMILES string of the molecule is CCc1cc(Br)c2oc(-c3ccc(NC(=O)C(c4ccccc4)c4ccccc4)cc3)nc2c1. The molecule has 0 bridgehead atoms. The molecule has 4 nitrogen and oxygen atoms in total. The van der Waals surface area contributed by atoms with Gasteiger partial charge in [-0.15, -0.1) is 0 Å². The number of nitrogens with zero attached hydrogens (tertiary/aromatic N) is 1. The highest BCUT2D eigenvalue weighted by molar-refractivity contribution is 9.10. The van der Waals surface area contributed by atoms with Crippen molar-refractivity contribution in [1.29, 1.82) is 0 Å². The van der Waals surface area contributed by atoms with Crippen molar-refractivity contribution in [2.24, 2.45) is 0 Å². The van der Waals surface area contributed by atoms with Crippen molar-refractivity contribution in [3.63, 3.8) is 0 Å². The third-order valence-electron chi connectivity index (χ3n) is 5.84. The summed E-state index contributed by atoms with van der Waals surface area (Å²) < 4.78 is 6.91. The third kappa shape index (κ3) is 4.52. The number of benzene rings is 4. The van der Waals surface area contributed by atoms with E-state index in [1.165, 1.54) is 5.56 Å². The molecule has 1 aromatic heterocycles. The highest BCUT2D eigenvalue weighted by Crippen LogP contribution is 2.32. The molecular weight excluding hydrogens is 488 g/mol. The third-order valence-corrected chi connectivity index (χ3v) is 6.43. The molecule has 0 aliphatic rings. The number of anilines is 1. The number of halogens is 1. The minimum absolute atomic E-state index is 0.0805. The molecule has 0 fully saturated rings. The number of carbonyl (C=O) groups is 1. The van der Waals surface area contributed by atoms with Crippen molar-refractivity contribution in [3.8, 4) is 11.5 Å². The van der Waals surface area contributed by atoms with Gasteiger partial charge in [0.1, 0.15) is 5.52 Å². The van der Waals surface area contributed by atoms with Crippen LogP contribution in [0.1, 0.15) is 29.5 Å². The van der Waals surface area contributed by atoms with Crippen molar-refractivity contribution >= 4 is 38.6 Å². The van der Waals surface area contributed by atoms with E-state index in [4.69, 9.17) is 4.42 Å². The zero-order valence-corrected chi connectivity index (χ0v) is 20.2. The summed E-state index contributed by atoms with van der Waals surface area (Å²) in [5, 5.41) is 3.07. The van der Waals surface area contributed by atoms with Crippen LogP contribution in [0.15, 0.2) is 106 Å². The Balaban J connectivity index is 1.40. The van der Waals surface area contributed by atoms with E-state index in [1.807, 2.05) is 84.9 Å². The number of carbonyl (C=O) groups excluding carboxylic acids is 1. The van der Waals surface area contributed by atoms with E-state index < -0.39 is 5.92 Å². The van der Waals surface area contributed by atoms with Crippen LogP contribution in [0.4, 0.5) is 5.69 Å². The first-order valence-corrected chi connectivity index (χ1v) is 12.0. The Morgan fingerprint density at radius 3 is 2.12 bits per heavy atom. The summed E-state index contributed by atoms with van der Waals surface area (Å²) in [6.45, 7) is 2.11. The number of nitrogens with one attached hydrogen (secondary N) is 1. The lowest BCUT2D eigenvalue weighted by Gasteiger charge is -2.18. The normalized spacial score (nSPS) is 11.1. The maximum absolute atomic E-state index is 13.3. The Morgan fingerprint density at radius 2 is 1.53 bits per heavy atom. The largest absolute Gasteiger partial charge is 0.435 e. The summed E-state index contributed by atoms with van der Waals surface area (Å²) in [6, 6.07) is 31.3. The number of aryl methyl sites for hydroxylation is 1. The van der Waals surface area contributed by atoms with Gasteiger partial charge in [-0.05, 0) is 75.4 Å². The molecule has 0 aliphatic carbocycles. The topological polar surface area (TPSA) is 55.1 Å². The Kier molecular flexibility index (Phi) is 6.28. The molecule has 0 saturated carbocycles. The van der Waals surface area contributed by atoms with E-state index in [1.54, 1.807) is 0 Å². The van der Waals surface area contributed by atoms with E-state index in [2.05, 4.69) is 45.3 Å². The van der Waals surface area contributed by atoms with Crippen LogP contribution in [0.5, 0.6) is 0 Å². The Morgan fingerprint density at radius 1 is 0.912 bits per heavy atom. The zero-order valence-electron chi connectivity index (χ0n) is 18.7. The van der Waals surface area contributed by atoms with Gasteiger partial charge >= 0.3 is 0 Å². The molecule has 5 aromatic rings. The van der Waals surface area contributed by atoms with Crippen LogP contribution in [0.3, 0.4) is 0 Å². The summed E-state index contributed by atoms with van der Waals surface area (Å²) in [6.07, 6.45) is 0.929. The number of oxazole rings is 1. The second kappa shape index (κ2) is 9.65. The predicted molar refractivity (Wildman–Crippen MR) is 140 cm³/mol. The number of hydrogen-bond acceptors (Lipinski definition) is 3. The van der Waals surface area contributed by atoms with Gasteiger partial charge in [0.15, 0.2) is 5.58 Å². The minimum Gasteiger partial charge on any atom is -0.435 e. The fraction of sp³-hybridized carbons (Fsp3) is 0.103. The van der Waals surface area contributed by atoms with Gasteiger partial charge in [0, 0.05) is 11.3 Å². The number of rotatable bonds is 6. The molecule has 1 heterocycles. The van der Waals surface area contributed by atoms with Crippen molar-refractivity contribution in [2.75, 3.05) is 5.32 Å². The monoisotopic (exact) mass is 510 g/mol. The van der Waals surface area contributed by atoms with Gasteiger partial charge < -0.3 is 9.73 Å². The van der Waals surface area contributed by atoms with Crippen LogP contribution in [0.2, 0.25) is 0 Å². The number of aromatic nitrogens is 1. The predicted octanol–water partition coefficient (Wildman–Crippen LogP) is 7.59. The van der Waals surface area contributed by atoms with Gasteiger partial charge in [-0.2, -0.15) is 0 Å². The van der Waals surface area contributed by atoms with Crippen LogP contribution >= 0.6 is 15.9 Å². The average Bonchev–Trinajstić information content (AvgIpc) is 3.31. The van der Waals surface area contributed by atoms with Crippen LogP contribution < -0.4 is 5.32 Å². The fourth-order valence-electron chi connectivity index (χ4n) is 4.07. The summed E-state index contributed by atoms with van der Waals surface area (Å²) in [5.41, 5.74) is 6.23. The molecule has 0 radical (unpaired) electrons. The van der Waals surface area contributed by atoms with Crippen molar-refractivity contribution in [1.82, 2.24) is 4.98 Å². The summed E-state index contributed by atoms with van der Waals surface area (Å²) in [4.78, 5) is 18.0. The number of hydrogen-bond donors (Lipinski definition) is 1. The average molecular weight is 511 g/mol. The minimum atomic E-state index is -0.399. The highest BCUT2D eigenvalue weighted by atomic mass is 79.9. The van der Waals surface area contributed by atoms with Gasteiger partial charge in [-0.25, -0.2) is 4.98 Å². The lowest BCUT2D eigenvalue weighted by Crippen LogP contribution is -2.22. The van der Waals surface area contributed by atoms with Crippen LogP contribution in [-0.4, -0.2) is 10.9 Å². The maximum atomic E-state index is 13.3. The van der Waals surface area contributed by atoms with Gasteiger partial charge in [-0.3, -0.25) is 4.79 Å². The molecule has 0 spiro atoms. The second-order valence-electron chi connectivity index (χ2n) is 8.12. The molecule has 5 heteroatoms. The van der Waals surface area contributed by atoms with E-state index in [-0.39, 0.29) is 5.91 Å². The lowest BCUT2D eigenvalue weighted by atomic mass is 9.90. The first kappa shape index (κ1) is 22.1. The van der Waals surface area contributed by atoms with E-state index >= 15 is 0 Å². The smallest absolute Gasteiger partial charge is 0.236 e. The quantitative estimate of drug-likeness (QED) is 0.256. The maximum Gasteiger partial charge on any atom is 0.236 e. The van der Waals surface area contributed by atoms with E-state index in [0.29, 0.717) is 5.89 Å². The first-order chi connectivity index (χ1) is 16.6. The van der Waals surface area contributed by atoms with Gasteiger partial charge in [0.05, 0.1) is 10.4 Å². The molecule has 1 amide bonds. The van der Waals surface area contributed by atoms with Crippen LogP contribution in [0.25, 0.3) is 22.6 Å². The van der Waals surface area contributed by atoms with E-state index in [9.17, 15) is 4.79 Å². The summed E-state index contributed by atoms with van der Waals surface area (Å²) >= 11 is 3.58. The van der Waals surface area contributed by atoms with Crippen LogP contribution in [-0.2, 0) is 11.2 Å². The Bertz CT molecular complexity index is 1390. The van der Waals surface area contributed by atoms with Gasteiger partial charge in [0.25, 0.3) is 0 Å². The first-order valence-electron chi connectivity index (χ1n) is 11.2. The second-order valence-corrected chi connectivity index (χ2v) is 8.97. The number of amides is 1. The van der Waals surface area contributed by atoms with E-state index in [0.717, 1.165) is 44.4 Å². The molecule has 168 valence electrons. The molecule has 0 unspecified atom stereocenters. The van der Waals surface area contributed by atoms with Crippen molar-refractivity contribution in [3.05, 3.63) is 118 Å². The molecule has 5 rings (SSSR count). The zero-order chi connectivity index (χ0) is 23.5. The van der Waals surface area contributed by atoms with Crippen LogP contribution in [0, 0.1) is 0 Å². The molecule has 34 heavy (non-hydrogen) atoms. The highest BCUT2D eigenvalue weighted by Gasteiger charge is 2.22. The number of fused-ring (bicyclic) bond motifs is 1. The summed E-state index contributed by atoms with van der Waals surface area (Å²) in [7, 11) is 0. The van der Waals surface area contributed by atoms with Gasteiger partial charge in [0.2, 0.25) is 11.8 Å². The van der Waals surface area contributed by atoms with Crippen molar-refractivity contribution < 1.29 is 9.21 Å². The Hall–Kier alpha value is -3.70. The molecular formula is C29H23BrN2O2. The Labute approximate surface area is 206 Å². The molecule has 4 aromatic carbocycles. The summed E-state index contributed by atoms with van der Waals surface area (Å²) in [5.74, 6) is 0.0699. The molecule has 0 saturated heterocycles. The molecule has 0 aliphatic heterocycles. The lowest BCUT2D eigenvalue weighted by molar-refractivity contribution is -0.116. The van der Waals surface area contributed by atoms with Gasteiger partial charge in [-0.1, -0.05) is 67.6 Å². The van der Waals surface area contributed by atoms with Crippen molar-refractivity contribution in [2.45, 2.75) is 19.3 Å². The standard InChI is InChI=1S/C29H23BrN2O2/c1-2-19-17-24(30)27-25(18-19)32-29(34-27)22-13-15-23(16-14-22)31-28(33)26(20-9-5-3-6-10-20)21-11-7-4-8-12-21/h3-18,26H,2H2,1H3,(H,31,33). The molecule has 1 N–H and O–H groups in total. The fourth-order valence-corrected chi connectivity index (χ4v) is 4.65.